The predicted molar refractivity (Wildman–Crippen MR) is 127 cm³/mol. The zero-order chi connectivity index (χ0) is 24.6. The van der Waals surface area contributed by atoms with E-state index in [1.807, 2.05) is 17.8 Å². The number of aryl methyl sites for hydroxylation is 1. The lowest BCUT2D eigenvalue weighted by Crippen LogP contribution is -2.36. The number of hydrogen-bond donors (Lipinski definition) is 1. The molecule has 1 amide bonds. The first-order chi connectivity index (χ1) is 15.5. The Morgan fingerprint density at radius 3 is 2.42 bits per heavy atom. The molecule has 0 unspecified atom stereocenters. The minimum Gasteiger partial charge on any atom is -0.351 e. The second kappa shape index (κ2) is 11.6. The van der Waals surface area contributed by atoms with Gasteiger partial charge in [-0.05, 0) is 42.7 Å². The maximum Gasteiger partial charge on any atom is 0.416 e. The van der Waals surface area contributed by atoms with Gasteiger partial charge in [-0.2, -0.15) is 30.2 Å². The molecule has 0 radical (unpaired) electrons. The molecule has 178 valence electrons. The molecule has 0 aliphatic heterocycles. The van der Waals surface area contributed by atoms with E-state index in [-0.39, 0.29) is 28.1 Å². The number of carbonyl (C=O) groups is 1. The molecule has 0 bridgehead atoms. The summed E-state index contributed by atoms with van der Waals surface area (Å²) in [7, 11) is 0. The van der Waals surface area contributed by atoms with Gasteiger partial charge in [-0.25, -0.2) is 0 Å². The average Bonchev–Trinajstić information content (AvgIpc) is 2.76. The maximum atomic E-state index is 12.8. The Labute approximate surface area is 198 Å². The van der Waals surface area contributed by atoms with Crippen molar-refractivity contribution in [2.24, 2.45) is 5.41 Å². The first-order valence-corrected chi connectivity index (χ1v) is 12.1. The van der Waals surface area contributed by atoms with Crippen LogP contribution in [0.15, 0.2) is 30.3 Å². The molecule has 2 aromatic rings. The quantitative estimate of drug-likeness (QED) is 0.390. The third-order valence-corrected chi connectivity index (χ3v) is 6.74. The molecule has 0 saturated carbocycles. The molecule has 0 saturated heterocycles. The molecular formula is C25H30F3N3OS. The van der Waals surface area contributed by atoms with E-state index in [1.54, 1.807) is 6.92 Å². The van der Waals surface area contributed by atoms with Gasteiger partial charge >= 0.3 is 6.18 Å². The van der Waals surface area contributed by atoms with Gasteiger partial charge in [0.1, 0.15) is 6.07 Å². The van der Waals surface area contributed by atoms with Crippen LogP contribution in [0.25, 0.3) is 11.3 Å². The van der Waals surface area contributed by atoms with Gasteiger partial charge in [-0.15, -0.1) is 0 Å². The topological polar surface area (TPSA) is 65.8 Å². The van der Waals surface area contributed by atoms with Crippen LogP contribution in [-0.4, -0.2) is 28.9 Å². The molecule has 0 aliphatic rings. The van der Waals surface area contributed by atoms with E-state index < -0.39 is 11.7 Å². The van der Waals surface area contributed by atoms with Crippen molar-refractivity contribution in [1.29, 1.82) is 5.26 Å². The Kier molecular flexibility index (Phi) is 9.35. The molecule has 1 heterocycles. The summed E-state index contributed by atoms with van der Waals surface area (Å²) >= 11 is 1.88. The Morgan fingerprint density at radius 1 is 1.18 bits per heavy atom. The molecule has 0 atom stereocenters. The van der Waals surface area contributed by atoms with Crippen molar-refractivity contribution in [2.45, 2.75) is 53.1 Å². The molecule has 0 aliphatic carbocycles. The summed E-state index contributed by atoms with van der Waals surface area (Å²) in [5.74, 6) is 1.70. The number of benzene rings is 1. The van der Waals surface area contributed by atoms with E-state index in [1.165, 1.54) is 37.5 Å². The van der Waals surface area contributed by atoms with Gasteiger partial charge in [0.25, 0.3) is 5.91 Å². The van der Waals surface area contributed by atoms with Crippen molar-refractivity contribution in [3.63, 3.8) is 0 Å². The number of nitriles is 1. The van der Waals surface area contributed by atoms with Crippen LogP contribution in [0.4, 0.5) is 13.2 Å². The van der Waals surface area contributed by atoms with E-state index in [9.17, 15) is 23.2 Å². The number of halogens is 3. The zero-order valence-electron chi connectivity index (χ0n) is 19.5. The van der Waals surface area contributed by atoms with E-state index in [0.29, 0.717) is 17.8 Å². The van der Waals surface area contributed by atoms with Gasteiger partial charge in [-0.1, -0.05) is 45.7 Å². The highest BCUT2D eigenvalue weighted by atomic mass is 32.2. The number of aromatic nitrogens is 1. The van der Waals surface area contributed by atoms with Crippen LogP contribution in [-0.2, 0) is 6.18 Å². The molecule has 1 N–H and O–H groups in total. The lowest BCUT2D eigenvalue weighted by atomic mass is 9.96. The number of unbranched alkanes of at least 4 members (excludes halogenated alkanes) is 2. The van der Waals surface area contributed by atoms with E-state index in [4.69, 9.17) is 0 Å². The summed E-state index contributed by atoms with van der Waals surface area (Å²) in [6, 6.07) is 7.94. The minimum absolute atomic E-state index is 0.0912. The molecule has 2 rings (SSSR count). The fourth-order valence-corrected chi connectivity index (χ4v) is 4.43. The summed E-state index contributed by atoms with van der Waals surface area (Å²) < 4.78 is 38.5. The first-order valence-electron chi connectivity index (χ1n) is 10.9. The number of carbonyl (C=O) groups excluding carboxylic acids is 1. The van der Waals surface area contributed by atoms with Crippen molar-refractivity contribution in [3.05, 3.63) is 52.7 Å². The van der Waals surface area contributed by atoms with Crippen LogP contribution in [0, 0.1) is 23.7 Å². The minimum atomic E-state index is -4.44. The van der Waals surface area contributed by atoms with Crippen LogP contribution < -0.4 is 5.32 Å². The SMILES string of the molecule is CCCCCSCC(C)(C)CNC(=O)c1cc(C#N)c(-c2ccc(C(F)(F)F)cc2)nc1C. The highest BCUT2D eigenvalue weighted by Gasteiger charge is 2.30. The Balaban J connectivity index is 2.12. The summed E-state index contributed by atoms with van der Waals surface area (Å²) in [6.45, 7) is 8.50. The smallest absolute Gasteiger partial charge is 0.351 e. The van der Waals surface area contributed by atoms with Crippen LogP contribution in [0.1, 0.15) is 67.2 Å². The second-order valence-corrected chi connectivity index (χ2v) is 9.92. The molecule has 0 fully saturated rings. The van der Waals surface area contributed by atoms with Crippen molar-refractivity contribution in [1.82, 2.24) is 10.3 Å². The van der Waals surface area contributed by atoms with E-state index in [0.717, 1.165) is 23.6 Å². The van der Waals surface area contributed by atoms with Crippen molar-refractivity contribution >= 4 is 17.7 Å². The third kappa shape index (κ3) is 7.78. The van der Waals surface area contributed by atoms with Gasteiger partial charge in [0.05, 0.1) is 28.1 Å². The molecule has 0 spiro atoms. The van der Waals surface area contributed by atoms with Crippen LogP contribution in [0.2, 0.25) is 0 Å². The molecule has 8 heteroatoms. The number of pyridine rings is 1. The first kappa shape index (κ1) is 26.7. The summed E-state index contributed by atoms with van der Waals surface area (Å²) in [4.78, 5) is 17.2. The van der Waals surface area contributed by atoms with Gasteiger partial charge < -0.3 is 5.32 Å². The normalized spacial score (nSPS) is 11.8. The molecule has 33 heavy (non-hydrogen) atoms. The van der Waals surface area contributed by atoms with Crippen LogP contribution in [0.3, 0.4) is 0 Å². The van der Waals surface area contributed by atoms with Crippen molar-refractivity contribution < 1.29 is 18.0 Å². The number of alkyl halides is 3. The summed E-state index contributed by atoms with van der Waals surface area (Å²) in [6.07, 6.45) is -0.837. The molecule has 1 aromatic carbocycles. The Morgan fingerprint density at radius 2 is 1.85 bits per heavy atom. The van der Waals surface area contributed by atoms with Gasteiger partial charge in [0.2, 0.25) is 0 Å². The number of rotatable bonds is 10. The number of amides is 1. The van der Waals surface area contributed by atoms with Gasteiger partial charge in [0, 0.05) is 17.9 Å². The van der Waals surface area contributed by atoms with Crippen LogP contribution >= 0.6 is 11.8 Å². The number of nitrogens with zero attached hydrogens (tertiary/aromatic N) is 2. The fraction of sp³-hybridized carbons (Fsp3) is 0.480. The summed E-state index contributed by atoms with van der Waals surface area (Å²) in [5, 5.41) is 12.5. The maximum absolute atomic E-state index is 12.8. The van der Waals surface area contributed by atoms with E-state index >= 15 is 0 Å². The molecule has 4 nitrogen and oxygen atoms in total. The fourth-order valence-electron chi connectivity index (χ4n) is 3.23. The predicted octanol–water partition coefficient (Wildman–Crippen LogP) is 6.63. The van der Waals surface area contributed by atoms with Crippen LogP contribution in [0.5, 0.6) is 0 Å². The van der Waals surface area contributed by atoms with Crippen molar-refractivity contribution in [2.75, 3.05) is 18.1 Å². The van der Waals surface area contributed by atoms with Gasteiger partial charge in [-0.3, -0.25) is 9.78 Å². The largest absolute Gasteiger partial charge is 0.416 e. The number of nitrogens with one attached hydrogen (secondary N) is 1. The zero-order valence-corrected chi connectivity index (χ0v) is 20.3. The monoisotopic (exact) mass is 477 g/mol. The third-order valence-electron chi connectivity index (χ3n) is 5.18. The van der Waals surface area contributed by atoms with Gasteiger partial charge in [0.15, 0.2) is 0 Å². The molecular weight excluding hydrogens is 447 g/mol. The highest BCUT2D eigenvalue weighted by molar-refractivity contribution is 7.99. The Hall–Kier alpha value is -2.53. The molecule has 1 aromatic heterocycles. The second-order valence-electron chi connectivity index (χ2n) is 8.81. The Bertz CT molecular complexity index is 996. The lowest BCUT2D eigenvalue weighted by Gasteiger charge is -2.25. The standard InChI is InChI=1S/C25H30F3N3OS/c1-5-6-7-12-33-16-24(3,4)15-30-23(32)21-13-19(14-29)22(31-17(21)2)18-8-10-20(11-9-18)25(26,27)28/h8-11,13H,5-7,12,15-16H2,1-4H3,(H,30,32). The highest BCUT2D eigenvalue weighted by Crippen LogP contribution is 2.31. The van der Waals surface area contributed by atoms with E-state index in [2.05, 4.69) is 31.1 Å². The average molecular weight is 478 g/mol. The summed E-state index contributed by atoms with van der Waals surface area (Å²) in [5.41, 5.74) is 0.605. The lowest BCUT2D eigenvalue weighted by molar-refractivity contribution is -0.137. The number of hydrogen-bond acceptors (Lipinski definition) is 4. The van der Waals surface area contributed by atoms with Crippen molar-refractivity contribution in [3.8, 4) is 17.3 Å². The number of thioether (sulfide) groups is 1.